The first-order valence-corrected chi connectivity index (χ1v) is 5.81. The molecule has 1 aromatic heterocycles. The number of hydrogen-bond donors (Lipinski definition) is 2. The normalized spacial score (nSPS) is 12.9. The van der Waals surface area contributed by atoms with E-state index in [2.05, 4.69) is 12.2 Å². The van der Waals surface area contributed by atoms with Gasteiger partial charge in [0.15, 0.2) is 0 Å². The predicted molar refractivity (Wildman–Crippen MR) is 62.8 cm³/mol. The van der Waals surface area contributed by atoms with Gasteiger partial charge in [0.05, 0.1) is 6.26 Å². The molecule has 0 aliphatic rings. The third kappa shape index (κ3) is 5.60. The van der Waals surface area contributed by atoms with Crippen LogP contribution in [0, 0.1) is 0 Å². The summed E-state index contributed by atoms with van der Waals surface area (Å²) >= 11 is 0. The Kier molecular flexibility index (Phi) is 6.12. The molecule has 1 aromatic rings. The van der Waals surface area contributed by atoms with Crippen LogP contribution in [0.4, 0.5) is 0 Å². The first-order chi connectivity index (χ1) is 7.33. The summed E-state index contributed by atoms with van der Waals surface area (Å²) in [5, 5.41) is 3.37. The number of nitrogens with one attached hydrogen (secondary N) is 1. The summed E-state index contributed by atoms with van der Waals surface area (Å²) in [5.41, 5.74) is 5.90. The average Bonchev–Trinajstić information content (AvgIpc) is 2.70. The Hall–Kier alpha value is -0.800. The van der Waals surface area contributed by atoms with E-state index in [9.17, 15) is 0 Å². The van der Waals surface area contributed by atoms with Gasteiger partial charge in [0, 0.05) is 19.0 Å². The summed E-state index contributed by atoms with van der Waals surface area (Å²) < 4.78 is 5.24. The van der Waals surface area contributed by atoms with Crippen LogP contribution in [0.5, 0.6) is 0 Å². The quantitative estimate of drug-likeness (QED) is 0.645. The second-order valence-corrected chi connectivity index (χ2v) is 3.92. The molecule has 1 atom stereocenters. The van der Waals surface area contributed by atoms with Crippen LogP contribution in [-0.4, -0.2) is 19.1 Å². The third-order valence-corrected chi connectivity index (χ3v) is 2.48. The van der Waals surface area contributed by atoms with Gasteiger partial charge >= 0.3 is 0 Å². The highest BCUT2D eigenvalue weighted by Gasteiger charge is 2.00. The molecule has 0 fully saturated rings. The predicted octanol–water partition coefficient (Wildman–Crippen LogP) is 1.93. The molecule has 0 bridgehead atoms. The van der Waals surface area contributed by atoms with Crippen LogP contribution in [0.25, 0.3) is 0 Å². The Morgan fingerprint density at radius 3 is 2.93 bits per heavy atom. The van der Waals surface area contributed by atoms with Crippen molar-refractivity contribution in [3.8, 4) is 0 Å². The molecule has 1 heterocycles. The van der Waals surface area contributed by atoms with E-state index in [-0.39, 0.29) is 0 Å². The van der Waals surface area contributed by atoms with Crippen molar-refractivity contribution in [2.45, 2.75) is 38.6 Å². The van der Waals surface area contributed by atoms with Crippen molar-refractivity contribution in [1.82, 2.24) is 5.32 Å². The lowest BCUT2D eigenvalue weighted by atomic mass is 10.1. The second kappa shape index (κ2) is 7.49. The van der Waals surface area contributed by atoms with Crippen molar-refractivity contribution >= 4 is 0 Å². The topological polar surface area (TPSA) is 51.2 Å². The van der Waals surface area contributed by atoms with Gasteiger partial charge in [-0.2, -0.15) is 0 Å². The van der Waals surface area contributed by atoms with Gasteiger partial charge < -0.3 is 15.5 Å². The van der Waals surface area contributed by atoms with Gasteiger partial charge in [0.25, 0.3) is 0 Å². The molecular formula is C12H22N2O. The third-order valence-electron chi connectivity index (χ3n) is 2.48. The zero-order chi connectivity index (χ0) is 10.9. The molecular weight excluding hydrogens is 188 g/mol. The summed E-state index contributed by atoms with van der Waals surface area (Å²) in [6, 6.07) is 4.28. The summed E-state index contributed by atoms with van der Waals surface area (Å²) in [6.07, 6.45) is 6.03. The molecule has 0 aliphatic heterocycles. The van der Waals surface area contributed by atoms with Crippen molar-refractivity contribution < 1.29 is 4.42 Å². The Bertz CT molecular complexity index is 234. The molecule has 0 saturated carbocycles. The van der Waals surface area contributed by atoms with Crippen LogP contribution < -0.4 is 11.1 Å². The number of rotatable bonds is 8. The van der Waals surface area contributed by atoms with Crippen molar-refractivity contribution in [1.29, 1.82) is 0 Å². The zero-order valence-corrected chi connectivity index (χ0v) is 9.54. The number of hydrogen-bond acceptors (Lipinski definition) is 3. The summed E-state index contributed by atoms with van der Waals surface area (Å²) in [5.74, 6) is 1.04. The van der Waals surface area contributed by atoms with Gasteiger partial charge in [-0.3, -0.25) is 0 Å². The summed E-state index contributed by atoms with van der Waals surface area (Å²) in [7, 11) is 0. The van der Waals surface area contributed by atoms with E-state index in [1.54, 1.807) is 6.26 Å². The van der Waals surface area contributed by atoms with Crippen LogP contribution in [0.2, 0.25) is 0 Å². The maximum absolute atomic E-state index is 5.90. The Balaban J connectivity index is 1.93. The second-order valence-electron chi connectivity index (χ2n) is 3.92. The minimum atomic E-state index is 0.353. The molecule has 0 aliphatic carbocycles. The lowest BCUT2D eigenvalue weighted by molar-refractivity contribution is 0.487. The minimum Gasteiger partial charge on any atom is -0.469 e. The van der Waals surface area contributed by atoms with Crippen LogP contribution in [0.15, 0.2) is 22.8 Å². The molecule has 0 saturated heterocycles. The number of nitrogens with two attached hydrogens (primary N) is 1. The zero-order valence-electron chi connectivity index (χ0n) is 9.54. The Morgan fingerprint density at radius 1 is 1.40 bits per heavy atom. The molecule has 3 heteroatoms. The lowest BCUT2D eigenvalue weighted by Crippen LogP contribution is -2.27. The van der Waals surface area contributed by atoms with E-state index in [1.165, 1.54) is 6.42 Å². The largest absolute Gasteiger partial charge is 0.469 e. The fourth-order valence-corrected chi connectivity index (χ4v) is 1.59. The van der Waals surface area contributed by atoms with Crippen molar-refractivity contribution in [3.63, 3.8) is 0 Å². The average molecular weight is 210 g/mol. The van der Waals surface area contributed by atoms with Crippen LogP contribution in [0.1, 0.15) is 31.9 Å². The molecule has 0 radical (unpaired) electrons. The monoisotopic (exact) mass is 210 g/mol. The van der Waals surface area contributed by atoms with Gasteiger partial charge in [-0.25, -0.2) is 0 Å². The van der Waals surface area contributed by atoms with Crippen LogP contribution in [0.3, 0.4) is 0 Å². The van der Waals surface area contributed by atoms with E-state index in [4.69, 9.17) is 10.2 Å². The highest BCUT2D eigenvalue weighted by molar-refractivity contribution is 4.98. The summed E-state index contributed by atoms with van der Waals surface area (Å²) in [4.78, 5) is 0. The van der Waals surface area contributed by atoms with Crippen molar-refractivity contribution in [3.05, 3.63) is 24.2 Å². The van der Waals surface area contributed by atoms with Crippen LogP contribution >= 0.6 is 0 Å². The molecule has 0 amide bonds. The van der Waals surface area contributed by atoms with Gasteiger partial charge in [0.2, 0.25) is 0 Å². The van der Waals surface area contributed by atoms with E-state index >= 15 is 0 Å². The Labute approximate surface area is 92.0 Å². The molecule has 86 valence electrons. The molecule has 3 N–H and O–H groups in total. The molecule has 1 unspecified atom stereocenters. The first-order valence-electron chi connectivity index (χ1n) is 5.81. The van der Waals surface area contributed by atoms with Crippen molar-refractivity contribution in [2.24, 2.45) is 5.73 Å². The molecule has 3 nitrogen and oxygen atoms in total. The number of furan rings is 1. The van der Waals surface area contributed by atoms with Gasteiger partial charge in [-0.15, -0.1) is 0 Å². The smallest absolute Gasteiger partial charge is 0.105 e. The fourth-order valence-electron chi connectivity index (χ4n) is 1.59. The summed E-state index contributed by atoms with van der Waals surface area (Å²) in [6.45, 7) is 4.14. The van der Waals surface area contributed by atoms with Gasteiger partial charge in [-0.05, 0) is 31.5 Å². The highest BCUT2D eigenvalue weighted by Crippen LogP contribution is 2.00. The highest BCUT2D eigenvalue weighted by atomic mass is 16.3. The molecule has 1 rings (SSSR count). The van der Waals surface area contributed by atoms with E-state index in [1.807, 2.05) is 12.1 Å². The van der Waals surface area contributed by atoms with Crippen LogP contribution in [-0.2, 0) is 6.42 Å². The molecule has 0 aromatic carbocycles. The maximum Gasteiger partial charge on any atom is 0.105 e. The first kappa shape index (κ1) is 12.3. The van der Waals surface area contributed by atoms with E-state index in [0.29, 0.717) is 6.04 Å². The Morgan fingerprint density at radius 2 is 2.27 bits per heavy atom. The SMILES string of the molecule is CCCC(N)CCNCCc1ccco1. The van der Waals surface area contributed by atoms with Gasteiger partial charge in [0.1, 0.15) is 5.76 Å². The minimum absolute atomic E-state index is 0.353. The van der Waals surface area contributed by atoms with E-state index in [0.717, 1.165) is 38.1 Å². The van der Waals surface area contributed by atoms with E-state index < -0.39 is 0 Å². The maximum atomic E-state index is 5.90. The lowest BCUT2D eigenvalue weighted by Gasteiger charge is -2.10. The van der Waals surface area contributed by atoms with Crippen molar-refractivity contribution in [2.75, 3.05) is 13.1 Å². The standard InChI is InChI=1S/C12H22N2O/c1-2-4-11(13)6-8-14-9-7-12-5-3-10-15-12/h3,5,10-11,14H,2,4,6-9,13H2,1H3. The van der Waals surface area contributed by atoms with Gasteiger partial charge in [-0.1, -0.05) is 13.3 Å². The molecule has 15 heavy (non-hydrogen) atoms. The fraction of sp³-hybridized carbons (Fsp3) is 0.667. The molecule has 0 spiro atoms.